The number of carbonyl (C=O) groups excluding carboxylic acids is 2. The van der Waals surface area contributed by atoms with E-state index in [0.717, 1.165) is 0 Å². The lowest BCUT2D eigenvalue weighted by atomic mass is 9.95. The highest BCUT2D eigenvalue weighted by atomic mass is 35.5. The highest BCUT2D eigenvalue weighted by Gasteiger charge is 2.45. The molecule has 1 aliphatic heterocycles. The van der Waals surface area contributed by atoms with Crippen LogP contribution in [0.4, 0.5) is 0 Å². The quantitative estimate of drug-likeness (QED) is 0.220. The number of aliphatic carboxylic acids is 1. The van der Waals surface area contributed by atoms with E-state index < -0.39 is 23.7 Å². The number of aliphatic hydroxyl groups is 1. The molecule has 0 saturated carbocycles. The molecule has 0 bridgehead atoms. The first-order chi connectivity index (χ1) is 16.3. The average Bonchev–Trinajstić information content (AvgIpc) is 3.08. The zero-order valence-corrected chi connectivity index (χ0v) is 19.7. The number of nitrogens with zero attached hydrogens (tertiary/aromatic N) is 1. The molecule has 2 aromatic carbocycles. The number of ketones is 1. The molecule has 1 aliphatic rings. The molecule has 2 aromatic rings. The monoisotopic (exact) mass is 487 g/mol. The summed E-state index contributed by atoms with van der Waals surface area (Å²) >= 11 is 6.03. The number of hydrogen-bond acceptors (Lipinski definition) is 6. The maximum Gasteiger partial charge on any atom is 0.303 e. The van der Waals surface area contributed by atoms with Gasteiger partial charge in [-0.05, 0) is 48.7 Å². The summed E-state index contributed by atoms with van der Waals surface area (Å²) in [5.74, 6) is -1.90. The minimum atomic E-state index is -0.878. The van der Waals surface area contributed by atoms with Gasteiger partial charge in [-0.1, -0.05) is 30.2 Å². The number of unbranched alkanes of at least 4 members (excludes halogenated alkanes) is 2. The zero-order chi connectivity index (χ0) is 24.8. The number of carbonyl (C=O) groups is 3. The summed E-state index contributed by atoms with van der Waals surface area (Å²) < 4.78 is 10.5. The van der Waals surface area contributed by atoms with Gasteiger partial charge in [-0.3, -0.25) is 14.4 Å². The van der Waals surface area contributed by atoms with Crippen LogP contribution in [0.3, 0.4) is 0 Å². The van der Waals surface area contributed by atoms with Crippen LogP contribution in [0.5, 0.6) is 11.5 Å². The fourth-order valence-electron chi connectivity index (χ4n) is 3.98. The maximum atomic E-state index is 13.1. The van der Waals surface area contributed by atoms with Gasteiger partial charge >= 0.3 is 5.97 Å². The van der Waals surface area contributed by atoms with Gasteiger partial charge in [-0.2, -0.15) is 0 Å². The van der Waals surface area contributed by atoms with Crippen molar-refractivity contribution in [3.05, 3.63) is 64.2 Å². The van der Waals surface area contributed by atoms with E-state index in [0.29, 0.717) is 46.9 Å². The molecule has 1 amide bonds. The predicted octanol–water partition coefficient (Wildman–Crippen LogP) is 4.42. The minimum absolute atomic E-state index is 0.0370. The molecule has 0 radical (unpaired) electrons. The maximum absolute atomic E-state index is 13.1. The third-order valence-electron chi connectivity index (χ3n) is 5.67. The summed E-state index contributed by atoms with van der Waals surface area (Å²) in [6.45, 7) is 0.236. The first-order valence-corrected chi connectivity index (χ1v) is 11.1. The third-order valence-corrected chi connectivity index (χ3v) is 5.92. The normalized spacial score (nSPS) is 17.1. The topological polar surface area (TPSA) is 113 Å². The number of carboxylic acid groups (broad SMARTS) is 1. The number of likely N-dealkylation sites (tertiary alicyclic amines) is 1. The Labute approximate surface area is 202 Å². The van der Waals surface area contributed by atoms with E-state index in [1.165, 1.54) is 25.2 Å². The number of carboxylic acids is 1. The van der Waals surface area contributed by atoms with Gasteiger partial charge < -0.3 is 24.6 Å². The highest BCUT2D eigenvalue weighted by molar-refractivity contribution is 6.46. The summed E-state index contributed by atoms with van der Waals surface area (Å²) in [6.07, 6.45) is 1.61. The van der Waals surface area contributed by atoms with E-state index in [1.807, 2.05) is 0 Å². The van der Waals surface area contributed by atoms with Gasteiger partial charge in [0.1, 0.15) is 5.76 Å². The molecule has 1 atom stereocenters. The van der Waals surface area contributed by atoms with Crippen molar-refractivity contribution in [3.63, 3.8) is 0 Å². The fraction of sp³-hybridized carbons (Fsp3) is 0.320. The average molecular weight is 488 g/mol. The standard InChI is InChI=1S/C25H26ClNO7/c1-33-18-12-9-16(14-19(18)34-2)23(30)21-22(15-7-10-17(26)11-8-15)27(25(32)24(21)31)13-5-3-4-6-20(28)29/h7-12,14,22,30H,3-6,13H2,1-2H3,(H,28,29)/t22-/m0/s1. The largest absolute Gasteiger partial charge is 0.507 e. The second-order valence-electron chi connectivity index (χ2n) is 7.82. The van der Waals surface area contributed by atoms with Gasteiger partial charge in [0.15, 0.2) is 11.5 Å². The van der Waals surface area contributed by atoms with Gasteiger partial charge in [0, 0.05) is 23.6 Å². The first-order valence-electron chi connectivity index (χ1n) is 10.8. The molecule has 0 spiro atoms. The molecule has 3 rings (SSSR count). The van der Waals surface area contributed by atoms with Crippen molar-refractivity contribution in [1.29, 1.82) is 0 Å². The number of amides is 1. The molecule has 2 N–H and O–H groups in total. The Morgan fingerprint density at radius 3 is 2.26 bits per heavy atom. The lowest BCUT2D eigenvalue weighted by Crippen LogP contribution is -2.30. The Morgan fingerprint density at radius 2 is 1.65 bits per heavy atom. The van der Waals surface area contributed by atoms with Crippen LogP contribution in [0.15, 0.2) is 48.0 Å². The molecule has 0 aromatic heterocycles. The predicted molar refractivity (Wildman–Crippen MR) is 126 cm³/mol. The first kappa shape index (κ1) is 25.1. The number of methoxy groups -OCH3 is 2. The molecule has 0 unspecified atom stereocenters. The van der Waals surface area contributed by atoms with Crippen LogP contribution in [0.2, 0.25) is 5.02 Å². The van der Waals surface area contributed by atoms with Crippen molar-refractivity contribution >= 4 is 35.0 Å². The minimum Gasteiger partial charge on any atom is -0.507 e. The molecule has 0 aliphatic carbocycles. The van der Waals surface area contributed by atoms with Crippen LogP contribution in [0.1, 0.15) is 42.9 Å². The van der Waals surface area contributed by atoms with Crippen molar-refractivity contribution < 1.29 is 34.1 Å². The van der Waals surface area contributed by atoms with E-state index in [9.17, 15) is 19.5 Å². The number of ether oxygens (including phenoxy) is 2. The summed E-state index contributed by atoms with van der Waals surface area (Å²) in [6, 6.07) is 10.6. The number of hydrogen-bond donors (Lipinski definition) is 2. The molecule has 34 heavy (non-hydrogen) atoms. The molecule has 1 heterocycles. The van der Waals surface area contributed by atoms with E-state index in [1.54, 1.807) is 36.4 Å². The summed E-state index contributed by atoms with van der Waals surface area (Å²) in [5, 5.41) is 20.5. The van der Waals surface area contributed by atoms with Crippen LogP contribution in [0.25, 0.3) is 5.76 Å². The van der Waals surface area contributed by atoms with Crippen LogP contribution in [0, 0.1) is 0 Å². The van der Waals surface area contributed by atoms with E-state index >= 15 is 0 Å². The van der Waals surface area contributed by atoms with E-state index in [4.69, 9.17) is 26.2 Å². The van der Waals surface area contributed by atoms with Gasteiger partial charge in [0.05, 0.1) is 25.8 Å². The highest BCUT2D eigenvalue weighted by Crippen LogP contribution is 2.41. The smallest absolute Gasteiger partial charge is 0.303 e. The lowest BCUT2D eigenvalue weighted by Gasteiger charge is -2.25. The fourth-order valence-corrected chi connectivity index (χ4v) is 4.10. The molecule has 1 fully saturated rings. The van der Waals surface area contributed by atoms with Crippen molar-refractivity contribution in [3.8, 4) is 11.5 Å². The Balaban J connectivity index is 2.01. The number of halogens is 1. The molecule has 8 nitrogen and oxygen atoms in total. The van der Waals surface area contributed by atoms with Gasteiger partial charge in [-0.25, -0.2) is 0 Å². The number of rotatable bonds is 10. The van der Waals surface area contributed by atoms with Gasteiger partial charge in [-0.15, -0.1) is 0 Å². The summed E-state index contributed by atoms with van der Waals surface area (Å²) in [7, 11) is 2.94. The Kier molecular flexibility index (Phi) is 8.17. The van der Waals surface area contributed by atoms with Gasteiger partial charge in [0.25, 0.3) is 11.7 Å². The molecular weight excluding hydrogens is 462 g/mol. The Hall–Kier alpha value is -3.52. The summed E-state index contributed by atoms with van der Waals surface area (Å²) in [5.41, 5.74) is 0.886. The molecule has 180 valence electrons. The molecular formula is C25H26ClNO7. The van der Waals surface area contributed by atoms with E-state index in [-0.39, 0.29) is 24.3 Å². The Bertz CT molecular complexity index is 1110. The summed E-state index contributed by atoms with van der Waals surface area (Å²) in [4.78, 5) is 38.2. The van der Waals surface area contributed by atoms with Crippen molar-refractivity contribution in [1.82, 2.24) is 4.90 Å². The van der Waals surface area contributed by atoms with E-state index in [2.05, 4.69) is 0 Å². The number of benzene rings is 2. The second kappa shape index (κ2) is 11.1. The lowest BCUT2D eigenvalue weighted by molar-refractivity contribution is -0.140. The number of Topliss-reactive ketones (excluding diaryl/α,β-unsaturated/α-hetero) is 1. The molecule has 9 heteroatoms. The second-order valence-corrected chi connectivity index (χ2v) is 8.25. The van der Waals surface area contributed by atoms with Crippen LogP contribution in [-0.4, -0.2) is 53.5 Å². The zero-order valence-electron chi connectivity index (χ0n) is 18.9. The van der Waals surface area contributed by atoms with Crippen LogP contribution >= 0.6 is 11.6 Å². The third kappa shape index (κ3) is 5.34. The van der Waals surface area contributed by atoms with Crippen molar-refractivity contribution in [2.45, 2.75) is 31.7 Å². The van der Waals surface area contributed by atoms with Crippen molar-refractivity contribution in [2.75, 3.05) is 20.8 Å². The van der Waals surface area contributed by atoms with Crippen molar-refractivity contribution in [2.24, 2.45) is 0 Å². The number of aliphatic hydroxyl groups excluding tert-OH is 1. The Morgan fingerprint density at radius 1 is 0.971 bits per heavy atom. The van der Waals surface area contributed by atoms with Crippen LogP contribution in [-0.2, 0) is 14.4 Å². The SMILES string of the molecule is COc1ccc(C(O)=C2C(=O)C(=O)N(CCCCCC(=O)O)[C@H]2c2ccc(Cl)cc2)cc1OC. The molecule has 1 saturated heterocycles. The van der Waals surface area contributed by atoms with Gasteiger partial charge in [0.2, 0.25) is 0 Å². The van der Waals surface area contributed by atoms with Crippen LogP contribution < -0.4 is 9.47 Å².